The average Bonchev–Trinajstić information content (AvgIpc) is 2.82. The van der Waals surface area contributed by atoms with Gasteiger partial charge in [0.15, 0.2) is 0 Å². The quantitative estimate of drug-likeness (QED) is 0.606. The Morgan fingerprint density at radius 1 is 0.971 bits per heavy atom. The number of benzene rings is 1. The summed E-state index contributed by atoms with van der Waals surface area (Å²) in [6.45, 7) is 6.98. The van der Waals surface area contributed by atoms with Crippen LogP contribution in [0.5, 0.6) is 0 Å². The van der Waals surface area contributed by atoms with Crippen LogP contribution in [0.15, 0.2) is 24.3 Å². The van der Waals surface area contributed by atoms with Crippen LogP contribution in [-0.2, 0) is 9.59 Å². The van der Waals surface area contributed by atoms with Gasteiger partial charge in [0.25, 0.3) is 5.91 Å². The summed E-state index contributed by atoms with van der Waals surface area (Å²) >= 11 is 0. The van der Waals surface area contributed by atoms with Gasteiger partial charge >= 0.3 is 0 Å². The van der Waals surface area contributed by atoms with Crippen LogP contribution in [-0.4, -0.2) is 67.8 Å². The summed E-state index contributed by atoms with van der Waals surface area (Å²) in [6.07, 6.45) is 6.66. The van der Waals surface area contributed by atoms with Crippen LogP contribution in [0.1, 0.15) is 69.2 Å². The van der Waals surface area contributed by atoms with Gasteiger partial charge < -0.3 is 20.4 Å². The number of anilines is 1. The summed E-state index contributed by atoms with van der Waals surface area (Å²) in [5, 5.41) is 6.12. The molecule has 1 saturated heterocycles. The highest BCUT2D eigenvalue weighted by Crippen LogP contribution is 2.26. The molecular weight excluding hydrogens is 428 g/mol. The van der Waals surface area contributed by atoms with Crippen LogP contribution in [0.2, 0.25) is 0 Å². The third kappa shape index (κ3) is 7.55. The Kier molecular flexibility index (Phi) is 9.11. The number of nitrogens with zero attached hydrogens (tertiary/aromatic N) is 2. The molecule has 1 aliphatic carbocycles. The predicted octanol–water partition coefficient (Wildman–Crippen LogP) is 3.76. The first kappa shape index (κ1) is 26.2. The van der Waals surface area contributed by atoms with Gasteiger partial charge in [0, 0.05) is 49.3 Å². The molecule has 7 nitrogen and oxygen atoms in total. The van der Waals surface area contributed by atoms with Crippen LogP contribution in [0.4, 0.5) is 5.69 Å². The highest BCUT2D eigenvalue weighted by Gasteiger charge is 2.29. The lowest BCUT2D eigenvalue weighted by Crippen LogP contribution is -2.46. The molecule has 2 fully saturated rings. The maximum atomic E-state index is 13.1. The van der Waals surface area contributed by atoms with E-state index >= 15 is 0 Å². The second kappa shape index (κ2) is 11.8. The molecule has 0 aromatic heterocycles. The highest BCUT2D eigenvalue weighted by atomic mass is 16.2. The minimum Gasteiger partial charge on any atom is -0.355 e. The van der Waals surface area contributed by atoms with Crippen LogP contribution in [0.3, 0.4) is 0 Å². The first-order valence-electron chi connectivity index (χ1n) is 12.8. The van der Waals surface area contributed by atoms with E-state index in [0.29, 0.717) is 43.7 Å². The number of likely N-dealkylation sites (tertiary alicyclic amines) is 1. The molecule has 7 heteroatoms. The van der Waals surface area contributed by atoms with Crippen molar-refractivity contribution in [1.29, 1.82) is 0 Å². The number of rotatable bonds is 8. The van der Waals surface area contributed by atoms with E-state index in [0.717, 1.165) is 32.2 Å². The second-order valence-corrected chi connectivity index (χ2v) is 11.1. The van der Waals surface area contributed by atoms with Crippen molar-refractivity contribution in [1.82, 2.24) is 15.1 Å². The first-order chi connectivity index (χ1) is 16.1. The van der Waals surface area contributed by atoms with Gasteiger partial charge in [-0.05, 0) is 63.4 Å². The molecule has 0 radical (unpaired) electrons. The smallest absolute Gasteiger partial charge is 0.253 e. The van der Waals surface area contributed by atoms with Gasteiger partial charge in [-0.15, -0.1) is 0 Å². The zero-order chi connectivity index (χ0) is 24.7. The largest absolute Gasteiger partial charge is 0.355 e. The third-order valence-electron chi connectivity index (χ3n) is 6.99. The van der Waals surface area contributed by atoms with Crippen molar-refractivity contribution < 1.29 is 14.4 Å². The summed E-state index contributed by atoms with van der Waals surface area (Å²) in [4.78, 5) is 42.3. The van der Waals surface area contributed by atoms with Crippen molar-refractivity contribution in [2.45, 2.75) is 58.8 Å². The molecule has 1 aliphatic heterocycles. The zero-order valence-corrected chi connectivity index (χ0v) is 21.4. The number of piperidine rings is 1. The number of carbonyl (C=O) groups excluding carboxylic acids is 3. The Morgan fingerprint density at radius 2 is 1.62 bits per heavy atom. The maximum absolute atomic E-state index is 13.1. The van der Waals surface area contributed by atoms with Crippen LogP contribution >= 0.6 is 0 Å². The monoisotopic (exact) mass is 470 g/mol. The van der Waals surface area contributed by atoms with Gasteiger partial charge in [0.1, 0.15) is 0 Å². The minimum absolute atomic E-state index is 0.00719. The molecule has 1 heterocycles. The van der Waals surface area contributed by atoms with Crippen molar-refractivity contribution in [3.05, 3.63) is 29.8 Å². The minimum atomic E-state index is -0.0553. The lowest BCUT2D eigenvalue weighted by molar-refractivity contribution is -0.126. The summed E-state index contributed by atoms with van der Waals surface area (Å²) in [7, 11) is 4.08. The number of nitrogens with one attached hydrogen (secondary N) is 2. The van der Waals surface area contributed by atoms with E-state index in [-0.39, 0.29) is 35.0 Å². The molecule has 0 bridgehead atoms. The molecule has 0 spiro atoms. The summed E-state index contributed by atoms with van der Waals surface area (Å²) in [5.41, 5.74) is 1.26. The SMILES string of the molecule is CN(C)CC(C)(C)CNC(=O)C1CCN(C(=O)c2cccc(NC(=O)C3CCCCC3)c2)CC1. The molecule has 1 aromatic carbocycles. The van der Waals surface area contributed by atoms with Crippen molar-refractivity contribution in [3.8, 4) is 0 Å². The van der Waals surface area contributed by atoms with Gasteiger partial charge in [0.2, 0.25) is 11.8 Å². The molecule has 3 rings (SSSR count). The fraction of sp³-hybridized carbons (Fsp3) is 0.667. The Hall–Kier alpha value is -2.41. The average molecular weight is 471 g/mol. The van der Waals surface area contributed by atoms with E-state index in [1.54, 1.807) is 12.1 Å². The topological polar surface area (TPSA) is 81.8 Å². The van der Waals surface area contributed by atoms with E-state index in [9.17, 15) is 14.4 Å². The summed E-state index contributed by atoms with van der Waals surface area (Å²) < 4.78 is 0. The van der Waals surface area contributed by atoms with E-state index in [4.69, 9.17) is 0 Å². The molecule has 1 saturated carbocycles. The van der Waals surface area contributed by atoms with E-state index in [1.807, 2.05) is 31.1 Å². The van der Waals surface area contributed by atoms with Gasteiger partial charge in [-0.2, -0.15) is 0 Å². The van der Waals surface area contributed by atoms with Gasteiger partial charge in [-0.1, -0.05) is 39.2 Å². The molecule has 34 heavy (non-hydrogen) atoms. The summed E-state index contributed by atoms with van der Waals surface area (Å²) in [5.74, 6) is 0.128. The number of hydrogen-bond donors (Lipinski definition) is 2. The molecule has 0 atom stereocenters. The van der Waals surface area contributed by atoms with Gasteiger partial charge in [0.05, 0.1) is 0 Å². The van der Waals surface area contributed by atoms with Crippen LogP contribution < -0.4 is 10.6 Å². The highest BCUT2D eigenvalue weighted by molar-refractivity contribution is 5.97. The fourth-order valence-corrected chi connectivity index (χ4v) is 5.25. The number of carbonyl (C=O) groups is 3. The normalized spacial score (nSPS) is 18.1. The summed E-state index contributed by atoms with van der Waals surface area (Å²) in [6, 6.07) is 7.23. The molecule has 0 unspecified atom stereocenters. The second-order valence-electron chi connectivity index (χ2n) is 11.1. The Balaban J connectivity index is 1.49. The Bertz CT molecular complexity index is 853. The Labute approximate surface area is 204 Å². The lowest BCUT2D eigenvalue weighted by Gasteiger charge is -2.33. The Morgan fingerprint density at radius 3 is 2.26 bits per heavy atom. The molecule has 3 amide bonds. The van der Waals surface area contributed by atoms with Crippen molar-refractivity contribution >= 4 is 23.4 Å². The first-order valence-corrected chi connectivity index (χ1v) is 12.8. The van der Waals surface area contributed by atoms with Crippen molar-refractivity contribution in [2.24, 2.45) is 17.3 Å². The molecule has 1 aromatic rings. The molecule has 188 valence electrons. The fourth-order valence-electron chi connectivity index (χ4n) is 5.25. The van der Waals surface area contributed by atoms with Crippen LogP contribution in [0.25, 0.3) is 0 Å². The van der Waals surface area contributed by atoms with E-state index in [1.165, 1.54) is 6.42 Å². The number of amides is 3. The van der Waals surface area contributed by atoms with E-state index in [2.05, 4.69) is 29.4 Å². The zero-order valence-electron chi connectivity index (χ0n) is 21.4. The molecule has 2 aliphatic rings. The maximum Gasteiger partial charge on any atom is 0.253 e. The standard InChI is InChI=1S/C27H42N4O3/c1-27(2,19-30(3)4)18-28-24(32)21-13-15-31(16-14-21)26(34)22-11-8-12-23(17-22)29-25(33)20-9-6-5-7-10-20/h8,11-12,17,20-21H,5-7,9-10,13-16,18-19H2,1-4H3,(H,28,32)(H,29,33). The van der Waals surface area contributed by atoms with Gasteiger partial charge in [-0.25, -0.2) is 0 Å². The molecular formula is C27H42N4O3. The van der Waals surface area contributed by atoms with Crippen molar-refractivity contribution in [3.63, 3.8) is 0 Å². The number of hydrogen-bond acceptors (Lipinski definition) is 4. The third-order valence-corrected chi connectivity index (χ3v) is 6.99. The lowest BCUT2D eigenvalue weighted by atomic mass is 9.88. The predicted molar refractivity (Wildman–Crippen MR) is 136 cm³/mol. The molecule has 2 N–H and O–H groups in total. The van der Waals surface area contributed by atoms with Crippen LogP contribution in [0, 0.1) is 17.3 Å². The van der Waals surface area contributed by atoms with Gasteiger partial charge in [-0.3, -0.25) is 14.4 Å². The van der Waals surface area contributed by atoms with Crippen molar-refractivity contribution in [2.75, 3.05) is 45.6 Å². The van der Waals surface area contributed by atoms with E-state index < -0.39 is 0 Å².